The molecule has 0 bridgehead atoms. The Morgan fingerprint density at radius 2 is 1.90 bits per heavy atom. The van der Waals surface area contributed by atoms with Crippen molar-refractivity contribution in [3.8, 4) is 11.5 Å². The number of aromatic nitrogens is 2. The molecule has 0 aliphatic carbocycles. The Morgan fingerprint density at radius 3 is 2.59 bits per heavy atom. The van der Waals surface area contributed by atoms with Gasteiger partial charge in [-0.2, -0.15) is 0 Å². The third kappa shape index (κ3) is 4.57. The zero-order valence-corrected chi connectivity index (χ0v) is 16.2. The van der Waals surface area contributed by atoms with Gasteiger partial charge in [-0.3, -0.25) is 19.9 Å². The Hall–Kier alpha value is -3.75. The van der Waals surface area contributed by atoms with Crippen molar-refractivity contribution in [1.82, 2.24) is 9.97 Å². The monoisotopic (exact) mass is 396 g/mol. The lowest BCUT2D eigenvalue weighted by molar-refractivity contribution is -0.384. The fraction of sp³-hybridized carbons (Fsp3) is 0.250. The second kappa shape index (κ2) is 7.70. The minimum atomic E-state index is -0.644. The Bertz CT molecular complexity index is 1090. The van der Waals surface area contributed by atoms with E-state index in [9.17, 15) is 14.9 Å². The number of carbonyl (C=O) groups is 1. The van der Waals surface area contributed by atoms with E-state index in [1.165, 1.54) is 12.3 Å². The number of nitrogen functional groups attached to an aromatic ring is 1. The predicted octanol–water partition coefficient (Wildman–Crippen LogP) is 3.80. The van der Waals surface area contributed by atoms with Crippen LogP contribution in [0.15, 0.2) is 42.7 Å². The van der Waals surface area contributed by atoms with Crippen LogP contribution in [0.4, 0.5) is 11.5 Å². The van der Waals surface area contributed by atoms with Crippen LogP contribution in [0.25, 0.3) is 10.9 Å². The second-order valence-corrected chi connectivity index (χ2v) is 7.29. The third-order valence-electron chi connectivity index (χ3n) is 3.89. The lowest BCUT2D eigenvalue weighted by Gasteiger charge is -2.19. The van der Waals surface area contributed by atoms with Gasteiger partial charge in [0, 0.05) is 23.8 Å². The third-order valence-corrected chi connectivity index (χ3v) is 3.89. The van der Waals surface area contributed by atoms with Crippen LogP contribution in [0, 0.1) is 10.1 Å². The minimum absolute atomic E-state index is 0.0347. The van der Waals surface area contributed by atoms with E-state index < -0.39 is 16.2 Å². The first kappa shape index (κ1) is 20.0. The highest BCUT2D eigenvalue weighted by Gasteiger charge is 2.23. The first-order valence-electron chi connectivity index (χ1n) is 8.81. The fourth-order valence-electron chi connectivity index (χ4n) is 2.81. The predicted molar refractivity (Wildman–Crippen MR) is 107 cm³/mol. The van der Waals surface area contributed by atoms with Gasteiger partial charge in [0.05, 0.1) is 16.9 Å². The van der Waals surface area contributed by atoms with Crippen molar-refractivity contribution >= 4 is 28.4 Å². The molecule has 150 valence electrons. The number of rotatable bonds is 5. The molecule has 0 radical (unpaired) electrons. The molecule has 0 fully saturated rings. The van der Waals surface area contributed by atoms with Gasteiger partial charge in [0.1, 0.15) is 11.4 Å². The Kier molecular flexibility index (Phi) is 5.31. The van der Waals surface area contributed by atoms with E-state index in [1.807, 2.05) is 0 Å². The average Bonchev–Trinajstić information content (AvgIpc) is 2.62. The quantitative estimate of drug-likeness (QED) is 0.391. The van der Waals surface area contributed by atoms with Crippen molar-refractivity contribution in [3.63, 3.8) is 0 Å². The number of benzene rings is 1. The standard InChI is InChI=1S/C20H20N4O5/c1-20(2,3)29-16(25)11-12-6-7-14(13-5-4-9-22-17(12)13)28-15-8-10-23-19(21)18(15)24(26)27/h4-10H,11H2,1-3H3,(H2,21,23). The van der Waals surface area contributed by atoms with E-state index in [0.717, 1.165) is 0 Å². The van der Waals surface area contributed by atoms with E-state index in [0.29, 0.717) is 22.2 Å². The molecule has 3 rings (SSSR count). The van der Waals surface area contributed by atoms with Gasteiger partial charge in [-0.05, 0) is 44.5 Å². The number of nitrogens with two attached hydrogens (primary N) is 1. The van der Waals surface area contributed by atoms with Gasteiger partial charge < -0.3 is 15.2 Å². The highest BCUT2D eigenvalue weighted by Crippen LogP contribution is 2.37. The first-order chi connectivity index (χ1) is 13.7. The molecule has 2 N–H and O–H groups in total. The zero-order valence-electron chi connectivity index (χ0n) is 16.2. The molecule has 0 saturated heterocycles. The molecule has 29 heavy (non-hydrogen) atoms. The maximum atomic E-state index is 12.2. The van der Waals surface area contributed by atoms with E-state index in [-0.39, 0.29) is 24.0 Å². The van der Waals surface area contributed by atoms with Gasteiger partial charge in [0.15, 0.2) is 0 Å². The van der Waals surface area contributed by atoms with E-state index in [1.54, 1.807) is 51.2 Å². The number of fused-ring (bicyclic) bond motifs is 1. The number of esters is 1. The summed E-state index contributed by atoms with van der Waals surface area (Å²) in [6, 6.07) is 8.15. The number of pyridine rings is 2. The maximum absolute atomic E-state index is 12.2. The second-order valence-electron chi connectivity index (χ2n) is 7.29. The van der Waals surface area contributed by atoms with Crippen LogP contribution in [-0.4, -0.2) is 26.5 Å². The number of ether oxygens (including phenoxy) is 2. The molecule has 2 aromatic heterocycles. The summed E-state index contributed by atoms with van der Waals surface area (Å²) < 4.78 is 11.2. The van der Waals surface area contributed by atoms with Crippen LogP contribution < -0.4 is 10.5 Å². The van der Waals surface area contributed by atoms with Crippen LogP contribution in [0.5, 0.6) is 11.5 Å². The lowest BCUT2D eigenvalue weighted by atomic mass is 10.1. The van der Waals surface area contributed by atoms with Crippen molar-refractivity contribution in [2.24, 2.45) is 0 Å². The molecule has 9 nitrogen and oxygen atoms in total. The van der Waals surface area contributed by atoms with Crippen molar-refractivity contribution in [3.05, 3.63) is 58.4 Å². The number of hydrogen-bond acceptors (Lipinski definition) is 8. The number of nitro groups is 1. The molecule has 3 aromatic rings. The van der Waals surface area contributed by atoms with Crippen LogP contribution in [0.2, 0.25) is 0 Å². The van der Waals surface area contributed by atoms with Crippen molar-refractivity contribution in [2.45, 2.75) is 32.8 Å². The Balaban J connectivity index is 2.00. The number of anilines is 1. The normalized spacial score (nSPS) is 11.3. The fourth-order valence-corrected chi connectivity index (χ4v) is 2.81. The van der Waals surface area contributed by atoms with Gasteiger partial charge in [-0.1, -0.05) is 6.07 Å². The molecule has 0 aliphatic rings. The molecular weight excluding hydrogens is 376 g/mol. The van der Waals surface area contributed by atoms with E-state index >= 15 is 0 Å². The van der Waals surface area contributed by atoms with Crippen LogP contribution >= 0.6 is 0 Å². The van der Waals surface area contributed by atoms with Crippen LogP contribution in [0.1, 0.15) is 26.3 Å². The largest absolute Gasteiger partial charge is 0.460 e. The van der Waals surface area contributed by atoms with Crippen LogP contribution in [-0.2, 0) is 16.0 Å². The topological polar surface area (TPSA) is 130 Å². The number of carbonyl (C=O) groups excluding carboxylic acids is 1. The molecule has 0 unspecified atom stereocenters. The highest BCUT2D eigenvalue weighted by atomic mass is 16.6. The number of nitrogens with zero attached hydrogens (tertiary/aromatic N) is 3. The van der Waals surface area contributed by atoms with Gasteiger partial charge in [-0.25, -0.2) is 4.98 Å². The molecule has 0 amide bonds. The summed E-state index contributed by atoms with van der Waals surface area (Å²) in [6.45, 7) is 5.39. The molecule has 9 heteroatoms. The van der Waals surface area contributed by atoms with Crippen molar-refractivity contribution < 1.29 is 19.2 Å². The molecule has 0 aliphatic heterocycles. The summed E-state index contributed by atoms with van der Waals surface area (Å²) >= 11 is 0. The van der Waals surface area contributed by atoms with Gasteiger partial charge >= 0.3 is 11.7 Å². The zero-order chi connectivity index (χ0) is 21.2. The molecule has 0 atom stereocenters. The van der Waals surface area contributed by atoms with Crippen molar-refractivity contribution in [2.75, 3.05) is 5.73 Å². The summed E-state index contributed by atoms with van der Waals surface area (Å²) in [5.74, 6) is -0.311. The molecular formula is C20H20N4O5. The summed E-state index contributed by atoms with van der Waals surface area (Å²) in [4.78, 5) is 31.0. The molecule has 1 aromatic carbocycles. The summed E-state index contributed by atoms with van der Waals surface area (Å²) in [6.07, 6.45) is 2.96. The van der Waals surface area contributed by atoms with E-state index in [4.69, 9.17) is 15.2 Å². The SMILES string of the molecule is CC(C)(C)OC(=O)Cc1ccc(Oc2ccnc(N)c2[N+](=O)[O-])c2cccnc12. The van der Waals surface area contributed by atoms with Gasteiger partial charge in [0.2, 0.25) is 11.6 Å². The van der Waals surface area contributed by atoms with Gasteiger partial charge in [0.25, 0.3) is 0 Å². The molecule has 0 saturated carbocycles. The minimum Gasteiger partial charge on any atom is -0.460 e. The van der Waals surface area contributed by atoms with E-state index in [2.05, 4.69) is 9.97 Å². The van der Waals surface area contributed by atoms with Gasteiger partial charge in [-0.15, -0.1) is 0 Å². The lowest BCUT2D eigenvalue weighted by Crippen LogP contribution is -2.25. The highest BCUT2D eigenvalue weighted by molar-refractivity contribution is 5.90. The summed E-state index contributed by atoms with van der Waals surface area (Å²) in [5.41, 5.74) is 5.81. The first-order valence-corrected chi connectivity index (χ1v) is 8.81. The summed E-state index contributed by atoms with van der Waals surface area (Å²) in [5, 5.41) is 11.9. The number of hydrogen-bond donors (Lipinski definition) is 1. The average molecular weight is 396 g/mol. The smallest absolute Gasteiger partial charge is 0.353 e. The van der Waals surface area contributed by atoms with Crippen molar-refractivity contribution in [1.29, 1.82) is 0 Å². The Labute approximate surface area is 166 Å². The molecule has 0 spiro atoms. The maximum Gasteiger partial charge on any atom is 0.353 e. The van der Waals surface area contributed by atoms with Crippen LogP contribution in [0.3, 0.4) is 0 Å². The Morgan fingerprint density at radius 1 is 1.14 bits per heavy atom. The molecule has 2 heterocycles. The summed E-state index contributed by atoms with van der Waals surface area (Å²) in [7, 11) is 0.